The topological polar surface area (TPSA) is 0 Å². The van der Waals surface area contributed by atoms with Crippen LogP contribution in [0, 0.1) is 0 Å². The fraction of sp³-hybridized carbons (Fsp3) is 0. The van der Waals surface area contributed by atoms with Crippen LogP contribution in [0.1, 0.15) is 0 Å². The summed E-state index contributed by atoms with van der Waals surface area (Å²) in [7, 11) is 1.43. The molecule has 0 saturated carbocycles. The summed E-state index contributed by atoms with van der Waals surface area (Å²) < 4.78 is 0. The fourth-order valence-electron chi connectivity index (χ4n) is 0. The van der Waals surface area contributed by atoms with Gasteiger partial charge in [0.25, 0.3) is 0 Å². The summed E-state index contributed by atoms with van der Waals surface area (Å²) in [4.78, 5) is 0. The van der Waals surface area contributed by atoms with Crippen molar-refractivity contribution >= 4 is 15.4 Å². The normalized spacial score (nSPS) is 3.33. The minimum absolute atomic E-state index is 0. The standard InChI is InChI=1S/BH2.2Cr.2Ni.H3Si/h1H2;;;;;1H3/q+1;;-1;;;. The van der Waals surface area contributed by atoms with Gasteiger partial charge in [0.15, 0.2) is 0 Å². The molecule has 0 aromatic rings. The Labute approximate surface area is 79.4 Å². The predicted molar refractivity (Wildman–Crippen MR) is 18.5 cm³/mol. The third kappa shape index (κ3) is 33.1. The van der Waals surface area contributed by atoms with E-state index in [2.05, 4.69) is 6.62 Å². The maximum atomic E-state index is 2.25. The van der Waals surface area contributed by atoms with Crippen LogP contribution in [0.15, 0.2) is 0 Å². The molecular formula is H5BCr2Ni2Si. The van der Waals surface area contributed by atoms with E-state index in [4.69, 9.17) is 0 Å². The van der Waals surface area contributed by atoms with E-state index >= 15 is 0 Å². The summed E-state index contributed by atoms with van der Waals surface area (Å²) in [5, 5.41) is 0. The average molecular weight is 265 g/mol. The Balaban J connectivity index is -0.00000000667. The predicted octanol–water partition coefficient (Wildman–Crippen LogP) is -2.11. The molecule has 0 bridgehead atoms. The molecule has 0 aliphatic heterocycles. The van der Waals surface area contributed by atoms with Crippen molar-refractivity contribution in [3.05, 3.63) is 0 Å². The van der Waals surface area contributed by atoms with Crippen LogP contribution < -0.4 is 0 Å². The van der Waals surface area contributed by atoms with Crippen LogP contribution >= 0.6 is 0 Å². The number of hydrogen-bond donors (Lipinski definition) is 0. The molecule has 0 spiro atoms. The molecule has 0 saturated heterocycles. The van der Waals surface area contributed by atoms with Gasteiger partial charge in [0, 0.05) is 50.3 Å². The van der Waals surface area contributed by atoms with Crippen LogP contribution in [0.3, 0.4) is 0 Å². The van der Waals surface area contributed by atoms with Crippen LogP contribution in [0.5, 0.6) is 0 Å². The van der Waals surface area contributed by atoms with Crippen molar-refractivity contribution in [3.8, 4) is 0 Å². The molecule has 0 fully saturated rings. The fourth-order valence-corrected chi connectivity index (χ4v) is 0. The zero-order valence-electron chi connectivity index (χ0n) is 3.45. The van der Waals surface area contributed by atoms with Crippen molar-refractivity contribution in [1.29, 1.82) is 0 Å². The van der Waals surface area contributed by atoms with E-state index in [-0.39, 0.29) is 50.3 Å². The van der Waals surface area contributed by atoms with Gasteiger partial charge in [-0.1, -0.05) is 0 Å². The molecule has 0 atom stereocenters. The zero-order chi connectivity index (χ0) is 2.71. The van der Waals surface area contributed by atoms with E-state index in [0.717, 1.165) is 14.4 Å². The Morgan fingerprint density at radius 3 is 1.33 bits per heavy atom. The second kappa shape index (κ2) is 26.5. The van der Waals surface area contributed by atoms with Crippen LogP contribution in [-0.2, 0) is 64.7 Å². The van der Waals surface area contributed by atoms with Crippen LogP contribution in [-0.4, -0.2) is 15.4 Å². The van der Waals surface area contributed by atoms with Gasteiger partial charge in [-0.3, -0.25) is 0 Å². The molecule has 0 nitrogen and oxygen atoms in total. The molecule has 0 aliphatic carbocycles. The molecule has 0 unspecified atom stereocenters. The molecule has 0 aromatic carbocycles. The van der Waals surface area contributed by atoms with Crippen molar-refractivity contribution < 1.29 is 64.7 Å². The zero-order valence-corrected chi connectivity index (χ0v) is 9.97. The first-order valence-corrected chi connectivity index (χ1v) is 6.73. The van der Waals surface area contributed by atoms with Gasteiger partial charge in [-0.15, -0.1) is 0 Å². The summed E-state index contributed by atoms with van der Waals surface area (Å²) >= 11 is 1.01. The van der Waals surface area contributed by atoms with Gasteiger partial charge in [0.2, 0.25) is 0 Å². The third-order valence-electron chi connectivity index (χ3n) is 0. The van der Waals surface area contributed by atoms with Gasteiger partial charge in [0.1, 0.15) is 0 Å². The van der Waals surface area contributed by atoms with Gasteiger partial charge in [-0.05, 0) is 0 Å². The Morgan fingerprint density at radius 2 is 1.33 bits per heavy atom. The minimum atomic E-state index is 0. The first-order chi connectivity index (χ1) is 1.41. The smallest absolute Gasteiger partial charge is 0 e. The monoisotopic (exact) mass is 264 g/mol. The Bertz CT molecular complexity index is 11.5. The molecule has 0 N–H and O–H groups in total. The largest absolute Gasteiger partial charge is 0 e. The van der Waals surface area contributed by atoms with E-state index < -0.39 is 0 Å². The van der Waals surface area contributed by atoms with Crippen molar-refractivity contribution in [1.82, 2.24) is 0 Å². The van der Waals surface area contributed by atoms with Gasteiger partial charge < -0.3 is 0 Å². The van der Waals surface area contributed by atoms with Crippen LogP contribution in [0.25, 0.3) is 0 Å². The quantitative estimate of drug-likeness (QED) is 0.440. The average Bonchev–Trinajstić information content (AvgIpc) is 0.918. The molecule has 0 radical (unpaired) electrons. The second-order valence-corrected chi connectivity index (χ2v) is 5.05. The molecule has 6 heavy (non-hydrogen) atoms. The number of hydrogen-bond acceptors (Lipinski definition) is 0. The SMILES string of the molecule is [BH2][Cr][SiH3].[Cr].[Ni].[Ni]. The summed E-state index contributed by atoms with van der Waals surface area (Å²) in [6.07, 6.45) is 0. The minimum Gasteiger partial charge on any atom is 0 e. The molecule has 0 amide bonds. The first-order valence-electron chi connectivity index (χ1n) is 0.816. The van der Waals surface area contributed by atoms with Crippen molar-refractivity contribution in [2.24, 2.45) is 0 Å². The summed E-state index contributed by atoms with van der Waals surface area (Å²) in [6, 6.07) is 0. The van der Waals surface area contributed by atoms with Gasteiger partial charge in [-0.2, -0.15) is 0 Å². The van der Waals surface area contributed by atoms with Gasteiger partial charge >= 0.3 is 29.8 Å². The number of rotatable bonds is 0. The first kappa shape index (κ1) is 23.9. The van der Waals surface area contributed by atoms with E-state index in [1.165, 1.54) is 8.80 Å². The van der Waals surface area contributed by atoms with Crippen molar-refractivity contribution in [2.45, 2.75) is 0 Å². The molecule has 6 heteroatoms. The summed E-state index contributed by atoms with van der Waals surface area (Å²) in [6.45, 7) is 2.25. The van der Waals surface area contributed by atoms with Gasteiger partial charge in [0.05, 0.1) is 0 Å². The Hall–Kier alpha value is 2.33. The van der Waals surface area contributed by atoms with Crippen molar-refractivity contribution in [3.63, 3.8) is 0 Å². The van der Waals surface area contributed by atoms with Crippen LogP contribution in [0.2, 0.25) is 0 Å². The molecule has 0 aromatic heterocycles. The van der Waals surface area contributed by atoms with E-state index in [1.807, 2.05) is 0 Å². The Morgan fingerprint density at radius 1 is 1.33 bits per heavy atom. The molecule has 0 heterocycles. The van der Waals surface area contributed by atoms with Gasteiger partial charge in [-0.25, -0.2) is 0 Å². The van der Waals surface area contributed by atoms with Crippen LogP contribution in [0.4, 0.5) is 0 Å². The maximum absolute atomic E-state index is 2.25. The molecule has 0 aliphatic rings. The Kier molecular flexibility index (Phi) is 105. The third-order valence-corrected chi connectivity index (χ3v) is 0. The molecular weight excluding hydrogens is 260 g/mol. The summed E-state index contributed by atoms with van der Waals surface area (Å²) in [5.41, 5.74) is 0. The second-order valence-electron chi connectivity index (χ2n) is 0.408. The molecule has 44 valence electrons. The van der Waals surface area contributed by atoms with E-state index in [9.17, 15) is 0 Å². The van der Waals surface area contributed by atoms with E-state index in [1.54, 1.807) is 0 Å². The maximum Gasteiger partial charge on any atom is 0 e. The van der Waals surface area contributed by atoms with E-state index in [0.29, 0.717) is 0 Å². The van der Waals surface area contributed by atoms with Crippen molar-refractivity contribution in [2.75, 3.05) is 0 Å². The molecule has 0 rings (SSSR count). The summed E-state index contributed by atoms with van der Waals surface area (Å²) in [5.74, 6) is 0.